The SMILES string of the molecule is COc1cc(C=NNC(=O)c2cccc(S(=O)(=O)N3CCCCC3)c2)cc(OC)c1. The molecule has 1 fully saturated rings. The maximum atomic E-state index is 12.8. The molecule has 0 bridgehead atoms. The molecule has 9 heteroatoms. The van der Waals surface area contributed by atoms with Gasteiger partial charge >= 0.3 is 0 Å². The minimum absolute atomic E-state index is 0.110. The number of nitrogens with one attached hydrogen (secondary N) is 1. The van der Waals surface area contributed by atoms with E-state index in [2.05, 4.69) is 10.5 Å². The molecule has 1 N–H and O–H groups in total. The zero-order valence-electron chi connectivity index (χ0n) is 17.0. The van der Waals surface area contributed by atoms with Crippen LogP contribution in [0, 0.1) is 0 Å². The molecule has 1 saturated heterocycles. The first-order valence-corrected chi connectivity index (χ1v) is 11.0. The van der Waals surface area contributed by atoms with Crippen molar-refractivity contribution in [1.82, 2.24) is 9.73 Å². The minimum atomic E-state index is -3.61. The van der Waals surface area contributed by atoms with E-state index in [1.807, 2.05) is 0 Å². The predicted molar refractivity (Wildman–Crippen MR) is 114 cm³/mol. The number of hydrogen-bond acceptors (Lipinski definition) is 6. The maximum absolute atomic E-state index is 12.8. The van der Waals surface area contributed by atoms with E-state index in [0.29, 0.717) is 30.2 Å². The van der Waals surface area contributed by atoms with Crippen LogP contribution < -0.4 is 14.9 Å². The van der Waals surface area contributed by atoms with Gasteiger partial charge in [0, 0.05) is 30.3 Å². The van der Waals surface area contributed by atoms with Crippen LogP contribution in [0.2, 0.25) is 0 Å². The van der Waals surface area contributed by atoms with Gasteiger partial charge in [-0.2, -0.15) is 9.41 Å². The van der Waals surface area contributed by atoms with E-state index >= 15 is 0 Å². The van der Waals surface area contributed by atoms with E-state index in [1.54, 1.807) is 44.6 Å². The van der Waals surface area contributed by atoms with Crippen LogP contribution in [-0.2, 0) is 10.0 Å². The van der Waals surface area contributed by atoms with Crippen molar-refractivity contribution in [3.63, 3.8) is 0 Å². The molecule has 0 aromatic heterocycles. The normalized spacial score (nSPS) is 15.1. The fraction of sp³-hybridized carbons (Fsp3) is 0.333. The summed E-state index contributed by atoms with van der Waals surface area (Å²) < 4.78 is 37.5. The Hall–Kier alpha value is -2.91. The van der Waals surface area contributed by atoms with Crippen LogP contribution in [0.15, 0.2) is 52.5 Å². The van der Waals surface area contributed by atoms with Gasteiger partial charge in [0.15, 0.2) is 0 Å². The van der Waals surface area contributed by atoms with Crippen molar-refractivity contribution in [2.45, 2.75) is 24.2 Å². The lowest BCUT2D eigenvalue weighted by molar-refractivity contribution is 0.0955. The third-order valence-corrected chi connectivity index (χ3v) is 6.70. The van der Waals surface area contributed by atoms with Gasteiger partial charge in [0.1, 0.15) is 11.5 Å². The molecule has 2 aromatic rings. The van der Waals surface area contributed by atoms with Crippen molar-refractivity contribution in [3.8, 4) is 11.5 Å². The first kappa shape index (κ1) is 21.8. The van der Waals surface area contributed by atoms with Gasteiger partial charge in [-0.25, -0.2) is 13.8 Å². The predicted octanol–water partition coefficient (Wildman–Crippen LogP) is 2.64. The van der Waals surface area contributed by atoms with E-state index in [4.69, 9.17) is 9.47 Å². The number of amides is 1. The van der Waals surface area contributed by atoms with Gasteiger partial charge < -0.3 is 9.47 Å². The van der Waals surface area contributed by atoms with Crippen LogP contribution in [-0.4, -0.2) is 52.2 Å². The second-order valence-electron chi connectivity index (χ2n) is 6.84. The smallest absolute Gasteiger partial charge is 0.271 e. The Balaban J connectivity index is 1.72. The number of carbonyl (C=O) groups excluding carboxylic acids is 1. The number of hydrogen-bond donors (Lipinski definition) is 1. The highest BCUT2D eigenvalue weighted by molar-refractivity contribution is 7.89. The third-order valence-electron chi connectivity index (χ3n) is 4.80. The summed E-state index contributed by atoms with van der Waals surface area (Å²) in [7, 11) is -0.522. The molecular weight excluding hydrogens is 406 g/mol. The van der Waals surface area contributed by atoms with Crippen molar-refractivity contribution < 1.29 is 22.7 Å². The molecule has 0 unspecified atom stereocenters. The largest absolute Gasteiger partial charge is 0.497 e. The number of ether oxygens (including phenoxy) is 2. The average molecular weight is 432 g/mol. The Morgan fingerprint density at radius 3 is 2.33 bits per heavy atom. The Morgan fingerprint density at radius 2 is 1.70 bits per heavy atom. The third kappa shape index (κ3) is 5.17. The number of sulfonamides is 1. The monoisotopic (exact) mass is 431 g/mol. The summed E-state index contributed by atoms with van der Waals surface area (Å²) in [5.74, 6) is 0.687. The molecule has 1 heterocycles. The Morgan fingerprint density at radius 1 is 1.03 bits per heavy atom. The molecule has 3 rings (SSSR count). The van der Waals surface area contributed by atoms with Gasteiger partial charge in [-0.1, -0.05) is 12.5 Å². The summed E-state index contributed by atoms with van der Waals surface area (Å²) in [6.45, 7) is 1.01. The second-order valence-corrected chi connectivity index (χ2v) is 8.78. The first-order chi connectivity index (χ1) is 14.4. The molecule has 0 saturated carbocycles. The molecule has 1 aliphatic rings. The fourth-order valence-electron chi connectivity index (χ4n) is 3.19. The van der Waals surface area contributed by atoms with Crippen molar-refractivity contribution in [1.29, 1.82) is 0 Å². The number of benzene rings is 2. The lowest BCUT2D eigenvalue weighted by atomic mass is 10.2. The lowest BCUT2D eigenvalue weighted by Gasteiger charge is -2.25. The molecule has 1 amide bonds. The van der Waals surface area contributed by atoms with E-state index in [-0.39, 0.29) is 10.5 Å². The van der Waals surface area contributed by atoms with E-state index in [1.165, 1.54) is 22.7 Å². The lowest BCUT2D eigenvalue weighted by Crippen LogP contribution is -2.35. The van der Waals surface area contributed by atoms with Crippen molar-refractivity contribution in [2.75, 3.05) is 27.3 Å². The van der Waals surface area contributed by atoms with Crippen LogP contribution in [0.1, 0.15) is 35.2 Å². The average Bonchev–Trinajstić information content (AvgIpc) is 2.79. The highest BCUT2D eigenvalue weighted by Crippen LogP contribution is 2.22. The number of methoxy groups -OCH3 is 2. The number of carbonyl (C=O) groups is 1. The van der Waals surface area contributed by atoms with Crippen molar-refractivity contribution in [2.24, 2.45) is 5.10 Å². The maximum Gasteiger partial charge on any atom is 0.271 e. The zero-order chi connectivity index (χ0) is 21.6. The van der Waals surface area contributed by atoms with Gasteiger partial charge in [-0.3, -0.25) is 4.79 Å². The van der Waals surface area contributed by atoms with E-state index in [9.17, 15) is 13.2 Å². The van der Waals surface area contributed by atoms with Crippen LogP contribution in [0.4, 0.5) is 0 Å². The van der Waals surface area contributed by atoms with Gasteiger partial charge in [-0.05, 0) is 43.2 Å². The Kier molecular flexibility index (Phi) is 7.07. The van der Waals surface area contributed by atoms with E-state index in [0.717, 1.165) is 19.3 Å². The quantitative estimate of drug-likeness (QED) is 0.537. The van der Waals surface area contributed by atoms with Gasteiger partial charge in [0.2, 0.25) is 10.0 Å². The van der Waals surface area contributed by atoms with Gasteiger partial charge in [0.05, 0.1) is 25.3 Å². The molecule has 2 aromatic carbocycles. The highest BCUT2D eigenvalue weighted by atomic mass is 32.2. The molecule has 0 atom stereocenters. The summed E-state index contributed by atoms with van der Waals surface area (Å²) in [5.41, 5.74) is 3.31. The standard InChI is InChI=1S/C21H25N3O5S/c1-28-18-11-16(12-19(14-18)29-2)15-22-23-21(25)17-7-6-8-20(13-17)30(26,27)24-9-4-3-5-10-24/h6-8,11-15H,3-5,9-10H2,1-2H3,(H,23,25). The van der Waals surface area contributed by atoms with Crippen LogP contribution in [0.5, 0.6) is 11.5 Å². The number of nitrogens with zero attached hydrogens (tertiary/aromatic N) is 2. The summed E-state index contributed by atoms with van der Waals surface area (Å²) in [4.78, 5) is 12.6. The van der Waals surface area contributed by atoms with Crippen molar-refractivity contribution in [3.05, 3.63) is 53.6 Å². The Labute approximate surface area is 176 Å². The second kappa shape index (κ2) is 9.73. The molecule has 0 radical (unpaired) electrons. The molecular formula is C21H25N3O5S. The van der Waals surface area contributed by atoms with Gasteiger partial charge in [-0.15, -0.1) is 0 Å². The number of piperidine rings is 1. The fourth-order valence-corrected chi connectivity index (χ4v) is 4.75. The number of rotatable bonds is 7. The molecule has 160 valence electrons. The van der Waals surface area contributed by atoms with Crippen molar-refractivity contribution >= 4 is 22.1 Å². The minimum Gasteiger partial charge on any atom is -0.497 e. The van der Waals surface area contributed by atoms with Gasteiger partial charge in [0.25, 0.3) is 5.91 Å². The summed E-state index contributed by atoms with van der Waals surface area (Å²) in [5, 5.41) is 3.95. The highest BCUT2D eigenvalue weighted by Gasteiger charge is 2.26. The molecule has 0 aliphatic carbocycles. The Bertz CT molecular complexity index is 1010. The van der Waals surface area contributed by atoms with E-state index < -0.39 is 15.9 Å². The summed E-state index contributed by atoms with van der Waals surface area (Å²) >= 11 is 0. The summed E-state index contributed by atoms with van der Waals surface area (Å²) in [6.07, 6.45) is 4.19. The van der Waals surface area contributed by atoms with Crippen LogP contribution >= 0.6 is 0 Å². The van der Waals surface area contributed by atoms with Crippen LogP contribution in [0.25, 0.3) is 0 Å². The molecule has 0 spiro atoms. The summed E-state index contributed by atoms with van der Waals surface area (Å²) in [6, 6.07) is 11.2. The van der Waals surface area contributed by atoms with Crippen LogP contribution in [0.3, 0.4) is 0 Å². The topological polar surface area (TPSA) is 97.3 Å². The molecule has 30 heavy (non-hydrogen) atoms. The number of hydrazone groups is 1. The first-order valence-electron chi connectivity index (χ1n) is 9.61. The molecule has 8 nitrogen and oxygen atoms in total. The zero-order valence-corrected chi connectivity index (χ0v) is 17.8. The molecule has 1 aliphatic heterocycles.